The van der Waals surface area contributed by atoms with Crippen molar-refractivity contribution in [1.82, 2.24) is 4.90 Å². The molecule has 0 radical (unpaired) electrons. The summed E-state index contributed by atoms with van der Waals surface area (Å²) in [5, 5.41) is 50.8. The van der Waals surface area contributed by atoms with Crippen molar-refractivity contribution in [3.63, 3.8) is 0 Å². The minimum atomic E-state index is -2.75. The third kappa shape index (κ3) is 4.82. The molecule has 0 fully saturated rings. The summed E-state index contributed by atoms with van der Waals surface area (Å²) < 4.78 is 5.12. The van der Waals surface area contributed by atoms with E-state index < -0.39 is 69.8 Å². The van der Waals surface area contributed by atoms with Crippen LogP contribution >= 0.6 is 0 Å². The number of phenolic OH excluding ortho intramolecular Hbond substituents is 1. The van der Waals surface area contributed by atoms with Crippen LogP contribution in [0.25, 0.3) is 0 Å². The van der Waals surface area contributed by atoms with E-state index in [0.29, 0.717) is 22.7 Å². The number of primary amides is 1. The van der Waals surface area contributed by atoms with Crippen LogP contribution in [-0.4, -0.2) is 95.8 Å². The van der Waals surface area contributed by atoms with E-state index in [-0.39, 0.29) is 29.7 Å². The van der Waals surface area contributed by atoms with Crippen molar-refractivity contribution in [2.45, 2.75) is 24.5 Å². The van der Waals surface area contributed by atoms with Gasteiger partial charge in [-0.1, -0.05) is 0 Å². The smallest absolute Gasteiger partial charge is 0.323 e. The number of rotatable bonds is 6. The average Bonchev–Trinajstić information content (AvgIpc) is 2.96. The zero-order valence-corrected chi connectivity index (χ0v) is 25.3. The maximum atomic E-state index is 14.1. The molecule has 8 N–H and O–H groups in total. The van der Waals surface area contributed by atoms with Gasteiger partial charge in [0.15, 0.2) is 17.1 Å². The second-order valence-corrected chi connectivity index (χ2v) is 11.8. The Morgan fingerprint density at radius 2 is 1.69 bits per heavy atom. The number of anilines is 3. The first-order chi connectivity index (χ1) is 21.1. The Balaban J connectivity index is 1.60. The fourth-order valence-corrected chi connectivity index (χ4v) is 6.75. The number of nitrogens with zero attached hydrogens (tertiary/aromatic N) is 2. The van der Waals surface area contributed by atoms with Crippen molar-refractivity contribution in [2.24, 2.45) is 17.6 Å². The molecule has 3 aliphatic carbocycles. The van der Waals surface area contributed by atoms with Gasteiger partial charge in [0.1, 0.15) is 22.8 Å². The largest absolute Gasteiger partial charge is 0.510 e. The number of Topliss-reactive ketones (excluding diaryl/α,β-unsaturated/α-hetero) is 2. The Morgan fingerprint density at radius 3 is 2.24 bits per heavy atom. The predicted molar refractivity (Wildman–Crippen MR) is 164 cm³/mol. The van der Waals surface area contributed by atoms with Gasteiger partial charge < -0.3 is 46.4 Å². The van der Waals surface area contributed by atoms with Crippen LogP contribution in [0.1, 0.15) is 22.3 Å². The fraction of sp³-hybridized carbons (Fsp3) is 0.355. The number of benzene rings is 2. The zero-order chi connectivity index (χ0) is 33.1. The van der Waals surface area contributed by atoms with Crippen LogP contribution in [-0.2, 0) is 16.0 Å². The third-order valence-electron chi connectivity index (χ3n) is 8.78. The molecule has 2 aromatic carbocycles. The number of fused-ring (bicyclic) bond motifs is 3. The van der Waals surface area contributed by atoms with Gasteiger partial charge in [-0.25, -0.2) is 4.79 Å². The van der Waals surface area contributed by atoms with Crippen LogP contribution in [0.3, 0.4) is 0 Å². The first-order valence-electron chi connectivity index (χ1n) is 14.1. The number of hydrogen-bond donors (Lipinski definition) is 7. The van der Waals surface area contributed by atoms with Crippen molar-refractivity contribution < 1.29 is 44.3 Å². The number of nitrogens with one attached hydrogen (secondary N) is 2. The highest BCUT2D eigenvalue weighted by atomic mass is 16.5. The van der Waals surface area contributed by atoms with Crippen molar-refractivity contribution in [1.29, 1.82) is 0 Å². The van der Waals surface area contributed by atoms with Crippen LogP contribution in [0, 0.1) is 11.8 Å². The maximum absolute atomic E-state index is 14.1. The molecule has 1 unspecified atom stereocenters. The summed E-state index contributed by atoms with van der Waals surface area (Å²) in [6.07, 6.45) is 0.0671. The number of allylic oxidation sites excluding steroid dienone is 1. The number of aliphatic hydroxyl groups is 3. The molecule has 5 rings (SSSR count). The van der Waals surface area contributed by atoms with Gasteiger partial charge in [0.2, 0.25) is 5.78 Å². The molecule has 2 aromatic rings. The minimum absolute atomic E-state index is 0.0380. The Morgan fingerprint density at radius 1 is 1.04 bits per heavy atom. The lowest BCUT2D eigenvalue weighted by atomic mass is 9.58. The highest BCUT2D eigenvalue weighted by molar-refractivity contribution is 6.25. The van der Waals surface area contributed by atoms with Gasteiger partial charge in [0.05, 0.1) is 24.4 Å². The maximum Gasteiger partial charge on any atom is 0.323 e. The summed E-state index contributed by atoms with van der Waals surface area (Å²) in [6, 6.07) is 6.23. The Hall–Kier alpha value is -5.08. The number of urea groups is 1. The molecule has 0 heterocycles. The molecule has 45 heavy (non-hydrogen) atoms. The summed E-state index contributed by atoms with van der Waals surface area (Å²) in [7, 11) is 8.08. The molecular weight excluding hydrogens is 586 g/mol. The summed E-state index contributed by atoms with van der Waals surface area (Å²) in [4.78, 5) is 55.9. The van der Waals surface area contributed by atoms with Crippen molar-refractivity contribution in [3.05, 3.63) is 64.1 Å². The fourth-order valence-electron chi connectivity index (χ4n) is 6.75. The van der Waals surface area contributed by atoms with Gasteiger partial charge in [-0.3, -0.25) is 19.3 Å². The Labute approximate surface area is 258 Å². The second-order valence-electron chi connectivity index (χ2n) is 11.8. The number of amides is 3. The van der Waals surface area contributed by atoms with Gasteiger partial charge in [-0.2, -0.15) is 0 Å². The minimum Gasteiger partial charge on any atom is -0.510 e. The number of ether oxygens (including phenoxy) is 1. The quantitative estimate of drug-likeness (QED) is 0.182. The van der Waals surface area contributed by atoms with Crippen molar-refractivity contribution in [3.8, 4) is 11.5 Å². The Kier molecular flexibility index (Phi) is 7.75. The number of carbonyl (C=O) groups excluding carboxylic acids is 4. The second kappa shape index (κ2) is 11.1. The van der Waals surface area contributed by atoms with Crippen LogP contribution in [0.15, 0.2) is 53.0 Å². The van der Waals surface area contributed by atoms with E-state index in [0.717, 1.165) is 0 Å². The number of phenols is 1. The van der Waals surface area contributed by atoms with Crippen LogP contribution < -0.4 is 26.0 Å². The molecule has 0 saturated carbocycles. The number of aliphatic hydroxyl groups excluding tert-OH is 2. The van der Waals surface area contributed by atoms with E-state index in [9.17, 15) is 39.6 Å². The highest BCUT2D eigenvalue weighted by Crippen LogP contribution is 2.54. The van der Waals surface area contributed by atoms with E-state index in [2.05, 4.69) is 10.6 Å². The normalized spacial score (nSPS) is 24.1. The number of nitrogens with two attached hydrogens (primary N) is 1. The number of hydrogen-bond acceptors (Lipinski definition) is 11. The lowest BCUT2D eigenvalue weighted by Crippen LogP contribution is -2.63. The van der Waals surface area contributed by atoms with E-state index in [1.54, 1.807) is 57.4 Å². The lowest BCUT2D eigenvalue weighted by Gasteiger charge is -2.50. The summed E-state index contributed by atoms with van der Waals surface area (Å²) in [5.41, 5.74) is 2.49. The van der Waals surface area contributed by atoms with Gasteiger partial charge in [-0.15, -0.1) is 0 Å². The molecule has 3 amide bonds. The number of ketones is 2. The summed E-state index contributed by atoms with van der Waals surface area (Å²) >= 11 is 0. The SMILES string of the molecule is COc1ccc(NC(=O)Nc2cc(N(C)C)c3c(c2O)C(=O)C2=C(O)[C@@]4(O)C(=O)C(C(N)=O)=C(O)C(N(C)C)[C@H]4C[C@H]2C3)cc1. The van der Waals surface area contributed by atoms with Crippen LogP contribution in [0.2, 0.25) is 0 Å². The molecule has 0 aromatic heterocycles. The van der Waals surface area contributed by atoms with E-state index >= 15 is 0 Å². The standard InChI is InChI=1S/C31H35N5O9/c1-35(2)19-12-18(34-30(43)33-14-6-8-15(45-5)9-7-14)24(37)21-16(19)10-13-11-17-23(36(3)4)26(39)22(29(32)42)28(41)31(17,44)27(40)20(13)25(21)38/h6-9,12-13,17,23,37,39-40,44H,10-11H2,1-5H3,(H2,32,42)(H2,33,34,43)/t13-,17-,23?,31-/m1/s1. The average molecular weight is 622 g/mol. The summed E-state index contributed by atoms with van der Waals surface area (Å²) in [5.74, 6) is -6.94. The number of likely N-dealkylation sites (N-methyl/N-ethyl adjacent to an activating group) is 1. The first-order valence-corrected chi connectivity index (χ1v) is 14.1. The zero-order valence-electron chi connectivity index (χ0n) is 25.3. The molecule has 14 heteroatoms. The Bertz CT molecular complexity index is 1700. The van der Waals surface area contributed by atoms with E-state index in [1.807, 2.05) is 0 Å². The highest BCUT2D eigenvalue weighted by Gasteiger charge is 2.63. The molecular formula is C31H35N5O9. The molecule has 4 atom stereocenters. The number of methoxy groups -OCH3 is 1. The molecule has 14 nitrogen and oxygen atoms in total. The topological polar surface area (TPSA) is 215 Å². The lowest BCUT2D eigenvalue weighted by molar-refractivity contribution is -0.148. The number of aromatic hydroxyl groups is 1. The third-order valence-corrected chi connectivity index (χ3v) is 8.78. The molecule has 0 aliphatic heterocycles. The predicted octanol–water partition coefficient (Wildman–Crippen LogP) is 1.84. The molecule has 0 spiro atoms. The number of carbonyl (C=O) groups is 4. The van der Waals surface area contributed by atoms with Gasteiger partial charge >= 0.3 is 6.03 Å². The van der Waals surface area contributed by atoms with Gasteiger partial charge in [-0.05, 0) is 68.8 Å². The van der Waals surface area contributed by atoms with E-state index in [1.165, 1.54) is 18.1 Å². The van der Waals surface area contributed by atoms with Gasteiger partial charge in [0, 0.05) is 37.0 Å². The van der Waals surface area contributed by atoms with E-state index in [4.69, 9.17) is 10.5 Å². The molecule has 3 aliphatic rings. The molecule has 0 bridgehead atoms. The molecule has 0 saturated heterocycles. The first kappa shape index (κ1) is 31.3. The van der Waals surface area contributed by atoms with Crippen molar-refractivity contribution >= 4 is 40.6 Å². The van der Waals surface area contributed by atoms with Gasteiger partial charge in [0.25, 0.3) is 5.91 Å². The molecule has 238 valence electrons. The summed E-state index contributed by atoms with van der Waals surface area (Å²) in [6.45, 7) is 0. The van der Waals surface area contributed by atoms with Crippen molar-refractivity contribution in [2.75, 3.05) is 50.8 Å². The monoisotopic (exact) mass is 621 g/mol. The van der Waals surface area contributed by atoms with Crippen LogP contribution in [0.4, 0.5) is 21.9 Å². The van der Waals surface area contributed by atoms with Crippen LogP contribution in [0.5, 0.6) is 11.5 Å².